The third-order valence-electron chi connectivity index (χ3n) is 6.22. The summed E-state index contributed by atoms with van der Waals surface area (Å²) < 4.78 is 0. The molecule has 0 aliphatic carbocycles. The van der Waals surface area contributed by atoms with Crippen LogP contribution >= 0.6 is 0 Å². The number of nitrogens with zero attached hydrogens (tertiary/aromatic N) is 5. The molecule has 6 heteroatoms. The van der Waals surface area contributed by atoms with E-state index in [1.807, 2.05) is 35.2 Å². The summed E-state index contributed by atoms with van der Waals surface area (Å²) in [5.74, 6) is 1.20. The number of aromatic nitrogens is 3. The van der Waals surface area contributed by atoms with Crippen LogP contribution in [-0.2, 0) is 11.2 Å². The van der Waals surface area contributed by atoms with Crippen LogP contribution < -0.4 is 9.80 Å². The molecule has 5 rings (SSSR count). The molecule has 1 amide bonds. The molecule has 0 radical (unpaired) electrons. The van der Waals surface area contributed by atoms with Crippen molar-refractivity contribution in [1.82, 2.24) is 15.2 Å². The van der Waals surface area contributed by atoms with Gasteiger partial charge in [0.25, 0.3) is 0 Å². The average Bonchev–Trinajstić information content (AvgIpc) is 3.15. The summed E-state index contributed by atoms with van der Waals surface area (Å²) in [6, 6.07) is 16.4. The molecular formula is C24H25N5O. The lowest BCUT2D eigenvalue weighted by Crippen LogP contribution is -2.45. The van der Waals surface area contributed by atoms with Gasteiger partial charge in [-0.25, -0.2) is 0 Å². The van der Waals surface area contributed by atoms with Gasteiger partial charge in [0.15, 0.2) is 5.82 Å². The fourth-order valence-corrected chi connectivity index (χ4v) is 4.62. The Morgan fingerprint density at radius 3 is 2.57 bits per heavy atom. The number of carbonyl (C=O) groups excluding carboxylic acids is 1. The second-order valence-corrected chi connectivity index (χ2v) is 8.17. The Bertz CT molecular complexity index is 1030. The van der Waals surface area contributed by atoms with Gasteiger partial charge in [0.1, 0.15) is 0 Å². The highest BCUT2D eigenvalue weighted by Gasteiger charge is 2.36. The van der Waals surface area contributed by atoms with Crippen LogP contribution in [0.4, 0.5) is 11.5 Å². The Labute approximate surface area is 176 Å². The van der Waals surface area contributed by atoms with Crippen LogP contribution in [0.3, 0.4) is 0 Å². The molecule has 152 valence electrons. The maximum atomic E-state index is 13.3. The van der Waals surface area contributed by atoms with E-state index in [1.165, 1.54) is 5.56 Å². The molecule has 1 fully saturated rings. The van der Waals surface area contributed by atoms with Crippen LogP contribution in [0.25, 0.3) is 11.3 Å². The molecular weight excluding hydrogens is 374 g/mol. The number of anilines is 2. The van der Waals surface area contributed by atoms with E-state index < -0.39 is 0 Å². The predicted octanol–water partition coefficient (Wildman–Crippen LogP) is 3.73. The second kappa shape index (κ2) is 7.86. The monoisotopic (exact) mass is 399 g/mol. The maximum Gasteiger partial charge on any atom is 0.230 e. The van der Waals surface area contributed by atoms with Gasteiger partial charge in [0, 0.05) is 48.7 Å². The third-order valence-corrected chi connectivity index (χ3v) is 6.22. The van der Waals surface area contributed by atoms with E-state index in [4.69, 9.17) is 0 Å². The van der Waals surface area contributed by atoms with Crippen molar-refractivity contribution in [3.05, 3.63) is 66.5 Å². The summed E-state index contributed by atoms with van der Waals surface area (Å²) in [6.07, 6.45) is 6.17. The zero-order valence-corrected chi connectivity index (χ0v) is 17.1. The van der Waals surface area contributed by atoms with Gasteiger partial charge in [-0.3, -0.25) is 9.78 Å². The second-order valence-electron chi connectivity index (χ2n) is 8.17. The molecule has 0 bridgehead atoms. The van der Waals surface area contributed by atoms with Gasteiger partial charge >= 0.3 is 0 Å². The van der Waals surface area contributed by atoms with E-state index in [1.54, 1.807) is 12.4 Å². The topological polar surface area (TPSA) is 62.2 Å². The molecule has 2 aliphatic rings. The summed E-state index contributed by atoms with van der Waals surface area (Å²) >= 11 is 0. The largest absolute Gasteiger partial charge is 0.355 e. The molecule has 2 aliphatic heterocycles. The number of para-hydroxylation sites is 1. The number of benzene rings is 1. The number of amides is 1. The lowest BCUT2D eigenvalue weighted by atomic mass is 9.94. The minimum atomic E-state index is 0.0671. The minimum absolute atomic E-state index is 0.0671. The molecule has 6 nitrogen and oxygen atoms in total. The number of pyridine rings is 1. The molecule has 1 aromatic carbocycles. The van der Waals surface area contributed by atoms with Crippen LogP contribution in [0, 0.1) is 5.92 Å². The van der Waals surface area contributed by atoms with Crippen molar-refractivity contribution in [2.24, 2.45) is 5.92 Å². The highest BCUT2D eigenvalue weighted by molar-refractivity contribution is 5.97. The van der Waals surface area contributed by atoms with Crippen LogP contribution in [0.1, 0.15) is 25.3 Å². The Morgan fingerprint density at radius 1 is 1.00 bits per heavy atom. The van der Waals surface area contributed by atoms with E-state index in [0.717, 1.165) is 55.1 Å². The van der Waals surface area contributed by atoms with Crippen molar-refractivity contribution in [2.75, 3.05) is 22.9 Å². The first-order chi connectivity index (χ1) is 14.7. The van der Waals surface area contributed by atoms with Gasteiger partial charge in [0.2, 0.25) is 5.91 Å². The molecule has 4 heterocycles. The molecule has 1 atom stereocenters. The van der Waals surface area contributed by atoms with E-state index in [0.29, 0.717) is 0 Å². The molecule has 0 spiro atoms. The first kappa shape index (κ1) is 18.7. The Balaban J connectivity index is 1.24. The normalized spacial score (nSPS) is 19.0. The van der Waals surface area contributed by atoms with E-state index >= 15 is 0 Å². The van der Waals surface area contributed by atoms with Crippen molar-refractivity contribution in [2.45, 2.75) is 32.2 Å². The Kier molecular flexibility index (Phi) is 4.91. The van der Waals surface area contributed by atoms with Gasteiger partial charge in [-0.15, -0.1) is 10.2 Å². The van der Waals surface area contributed by atoms with Gasteiger partial charge in [0.05, 0.1) is 5.69 Å². The van der Waals surface area contributed by atoms with Crippen LogP contribution in [0.2, 0.25) is 0 Å². The van der Waals surface area contributed by atoms with E-state index in [2.05, 4.69) is 45.2 Å². The standard InChI is InChI=1S/C24H25N5O/c1-17-15-19-5-2-3-7-22(19)29(17)24(30)18-10-13-28(14-11-18)23-9-8-21(26-27-23)20-6-4-12-25-16-20/h2-9,12,16-18H,10-11,13-15H2,1H3. The van der Waals surface area contributed by atoms with E-state index in [-0.39, 0.29) is 17.9 Å². The van der Waals surface area contributed by atoms with Gasteiger partial charge < -0.3 is 9.80 Å². The average molecular weight is 399 g/mol. The molecule has 0 N–H and O–H groups in total. The SMILES string of the molecule is CC1Cc2ccccc2N1C(=O)C1CCN(c2ccc(-c3cccnc3)nn2)CC1. The van der Waals surface area contributed by atoms with Gasteiger partial charge in [-0.1, -0.05) is 18.2 Å². The first-order valence-corrected chi connectivity index (χ1v) is 10.6. The van der Waals surface area contributed by atoms with Crippen molar-refractivity contribution < 1.29 is 4.79 Å². The molecule has 0 saturated carbocycles. The minimum Gasteiger partial charge on any atom is -0.355 e. The van der Waals surface area contributed by atoms with Crippen LogP contribution in [-0.4, -0.2) is 40.2 Å². The lowest BCUT2D eigenvalue weighted by Gasteiger charge is -2.35. The predicted molar refractivity (Wildman–Crippen MR) is 117 cm³/mol. The van der Waals surface area contributed by atoms with Crippen molar-refractivity contribution in [3.8, 4) is 11.3 Å². The molecule has 30 heavy (non-hydrogen) atoms. The molecule has 3 aromatic rings. The summed E-state index contributed by atoms with van der Waals surface area (Å²) in [5.41, 5.74) is 4.15. The number of fused-ring (bicyclic) bond motifs is 1. The third kappa shape index (κ3) is 3.43. The molecule has 2 aromatic heterocycles. The van der Waals surface area contributed by atoms with Crippen molar-refractivity contribution in [1.29, 1.82) is 0 Å². The highest BCUT2D eigenvalue weighted by Crippen LogP contribution is 2.35. The van der Waals surface area contributed by atoms with Crippen molar-refractivity contribution in [3.63, 3.8) is 0 Å². The number of piperidine rings is 1. The van der Waals surface area contributed by atoms with Crippen LogP contribution in [0.5, 0.6) is 0 Å². The zero-order valence-electron chi connectivity index (χ0n) is 17.1. The highest BCUT2D eigenvalue weighted by atomic mass is 16.2. The Morgan fingerprint density at radius 2 is 1.83 bits per heavy atom. The number of hydrogen-bond donors (Lipinski definition) is 0. The van der Waals surface area contributed by atoms with E-state index in [9.17, 15) is 4.79 Å². The summed E-state index contributed by atoms with van der Waals surface area (Å²) in [5, 5.41) is 8.79. The first-order valence-electron chi connectivity index (χ1n) is 10.6. The number of carbonyl (C=O) groups is 1. The fraction of sp³-hybridized carbons (Fsp3) is 0.333. The van der Waals surface area contributed by atoms with Gasteiger partial charge in [-0.05, 0) is 62.1 Å². The van der Waals surface area contributed by atoms with Crippen molar-refractivity contribution >= 4 is 17.4 Å². The maximum absolute atomic E-state index is 13.3. The number of hydrogen-bond acceptors (Lipinski definition) is 5. The summed E-state index contributed by atoms with van der Waals surface area (Å²) in [6.45, 7) is 3.79. The summed E-state index contributed by atoms with van der Waals surface area (Å²) in [7, 11) is 0. The lowest BCUT2D eigenvalue weighted by molar-refractivity contribution is -0.123. The summed E-state index contributed by atoms with van der Waals surface area (Å²) in [4.78, 5) is 21.7. The van der Waals surface area contributed by atoms with Crippen LogP contribution in [0.15, 0.2) is 60.9 Å². The van der Waals surface area contributed by atoms with Gasteiger partial charge in [-0.2, -0.15) is 0 Å². The molecule has 1 saturated heterocycles. The quantitative estimate of drug-likeness (QED) is 0.672. The zero-order chi connectivity index (χ0) is 20.5. The number of rotatable bonds is 3. The smallest absolute Gasteiger partial charge is 0.230 e. The molecule has 1 unspecified atom stereocenters. The Hall–Kier alpha value is -3.28. The fourth-order valence-electron chi connectivity index (χ4n) is 4.62.